The summed E-state index contributed by atoms with van der Waals surface area (Å²) < 4.78 is 19.2. The molecule has 0 aromatic carbocycles. The molecule has 0 saturated carbocycles. The Morgan fingerprint density at radius 2 is 1.82 bits per heavy atom. The SMILES string of the molecule is CC(C(=O)Nc1cc([B]O)cc(NC(=O)c2ncc(Cl)cc2F)n1)N(C)C(=O)OC(C)(C)C. The number of aromatic nitrogens is 2. The first kappa shape index (κ1) is 26.0. The van der Waals surface area contributed by atoms with E-state index in [1.165, 1.54) is 26.1 Å². The number of carbonyl (C=O) groups is 3. The highest BCUT2D eigenvalue weighted by Crippen LogP contribution is 2.15. The van der Waals surface area contributed by atoms with Crippen LogP contribution < -0.4 is 16.1 Å². The van der Waals surface area contributed by atoms with Crippen LogP contribution in [0.25, 0.3) is 0 Å². The van der Waals surface area contributed by atoms with Gasteiger partial charge in [0.15, 0.2) is 11.5 Å². The highest BCUT2D eigenvalue weighted by atomic mass is 35.5. The van der Waals surface area contributed by atoms with Crippen molar-refractivity contribution in [3.63, 3.8) is 0 Å². The average Bonchev–Trinajstić information content (AvgIpc) is 2.70. The molecule has 1 unspecified atom stereocenters. The maximum atomic E-state index is 14.0. The third kappa shape index (κ3) is 7.40. The van der Waals surface area contributed by atoms with E-state index in [1.807, 2.05) is 0 Å². The van der Waals surface area contributed by atoms with Gasteiger partial charge in [0.25, 0.3) is 5.91 Å². The van der Waals surface area contributed by atoms with Crippen LogP contribution in [0.5, 0.6) is 0 Å². The Bertz CT molecular complexity index is 1070. The maximum Gasteiger partial charge on any atom is 0.410 e. The van der Waals surface area contributed by atoms with E-state index in [2.05, 4.69) is 20.6 Å². The number of hydrogen-bond donors (Lipinski definition) is 3. The molecular formula is C20H23BClFN5O5. The molecule has 0 fully saturated rings. The fourth-order valence-electron chi connectivity index (χ4n) is 2.41. The number of hydrogen-bond acceptors (Lipinski definition) is 7. The molecule has 0 aliphatic rings. The second kappa shape index (κ2) is 10.6. The second-order valence-electron chi connectivity index (χ2n) is 7.99. The number of likely N-dealkylation sites (N-methyl/N-ethyl adjacent to an activating group) is 1. The molecule has 2 rings (SSSR count). The molecular weight excluding hydrogens is 456 g/mol. The Labute approximate surface area is 195 Å². The third-order valence-electron chi connectivity index (χ3n) is 4.15. The lowest BCUT2D eigenvalue weighted by molar-refractivity contribution is -0.120. The quantitative estimate of drug-likeness (QED) is 0.540. The van der Waals surface area contributed by atoms with Gasteiger partial charge in [0, 0.05) is 13.2 Å². The zero-order valence-electron chi connectivity index (χ0n) is 18.6. The summed E-state index contributed by atoms with van der Waals surface area (Å²) in [4.78, 5) is 46.0. The molecule has 0 bridgehead atoms. The van der Waals surface area contributed by atoms with Gasteiger partial charge in [0.2, 0.25) is 5.91 Å². The Hall–Kier alpha value is -3.25. The van der Waals surface area contributed by atoms with Crippen LogP contribution in [-0.2, 0) is 9.53 Å². The van der Waals surface area contributed by atoms with E-state index in [4.69, 9.17) is 16.3 Å². The molecule has 0 aliphatic heterocycles. The van der Waals surface area contributed by atoms with Gasteiger partial charge in [-0.2, -0.15) is 0 Å². The van der Waals surface area contributed by atoms with Gasteiger partial charge in [0.1, 0.15) is 23.3 Å². The van der Waals surface area contributed by atoms with Crippen molar-refractivity contribution < 1.29 is 28.5 Å². The van der Waals surface area contributed by atoms with Gasteiger partial charge in [-0.25, -0.2) is 19.2 Å². The molecule has 2 aromatic rings. The summed E-state index contributed by atoms with van der Waals surface area (Å²) in [5, 5.41) is 14.3. The normalized spacial score (nSPS) is 11.9. The van der Waals surface area contributed by atoms with E-state index in [0.717, 1.165) is 24.6 Å². The van der Waals surface area contributed by atoms with E-state index in [1.54, 1.807) is 20.8 Å². The number of rotatable bonds is 6. The Balaban J connectivity index is 2.17. The molecule has 175 valence electrons. The van der Waals surface area contributed by atoms with Crippen molar-refractivity contribution in [2.75, 3.05) is 17.7 Å². The summed E-state index contributed by atoms with van der Waals surface area (Å²) in [5.74, 6) is -2.58. The second-order valence-corrected chi connectivity index (χ2v) is 8.43. The van der Waals surface area contributed by atoms with Gasteiger partial charge in [-0.3, -0.25) is 14.5 Å². The van der Waals surface area contributed by atoms with Crippen LogP contribution in [-0.4, -0.2) is 64.0 Å². The topological polar surface area (TPSA) is 134 Å². The molecule has 10 nitrogen and oxygen atoms in total. The summed E-state index contributed by atoms with van der Waals surface area (Å²) in [7, 11) is 2.13. The first-order valence-electron chi connectivity index (χ1n) is 9.69. The van der Waals surface area contributed by atoms with Crippen LogP contribution in [0.3, 0.4) is 0 Å². The predicted molar refractivity (Wildman–Crippen MR) is 121 cm³/mol. The lowest BCUT2D eigenvalue weighted by atomic mass is 9.89. The number of halogens is 2. The van der Waals surface area contributed by atoms with Gasteiger partial charge in [-0.15, -0.1) is 0 Å². The lowest BCUT2D eigenvalue weighted by Gasteiger charge is -2.28. The van der Waals surface area contributed by atoms with Crippen LogP contribution >= 0.6 is 11.6 Å². The molecule has 0 saturated heterocycles. The van der Waals surface area contributed by atoms with Gasteiger partial charge in [-0.05, 0) is 51.4 Å². The monoisotopic (exact) mass is 478 g/mol. The Kier molecular flexibility index (Phi) is 8.34. The minimum atomic E-state index is -0.936. The molecule has 33 heavy (non-hydrogen) atoms. The van der Waals surface area contributed by atoms with Crippen molar-refractivity contribution in [1.29, 1.82) is 0 Å². The smallest absolute Gasteiger partial charge is 0.410 e. The fourth-order valence-corrected chi connectivity index (χ4v) is 2.55. The number of carbonyl (C=O) groups excluding carboxylic acids is 3. The highest BCUT2D eigenvalue weighted by molar-refractivity contribution is 6.45. The van der Waals surface area contributed by atoms with Crippen LogP contribution in [0.4, 0.5) is 20.8 Å². The number of anilines is 2. The summed E-state index contributed by atoms with van der Waals surface area (Å²) in [6.45, 7) is 6.58. The van der Waals surface area contributed by atoms with E-state index < -0.39 is 41.1 Å². The fraction of sp³-hybridized carbons (Fsp3) is 0.350. The van der Waals surface area contributed by atoms with Crippen molar-refractivity contribution in [2.45, 2.75) is 39.3 Å². The van der Waals surface area contributed by atoms with Gasteiger partial charge in [0.05, 0.1) is 5.02 Å². The molecule has 1 radical (unpaired) electrons. The largest absolute Gasteiger partial charge is 0.450 e. The summed E-state index contributed by atoms with van der Waals surface area (Å²) >= 11 is 5.64. The van der Waals surface area contributed by atoms with Crippen LogP contribution in [0.1, 0.15) is 38.2 Å². The first-order chi connectivity index (χ1) is 15.3. The molecule has 13 heteroatoms. The number of amides is 3. The van der Waals surface area contributed by atoms with Crippen LogP contribution in [0.15, 0.2) is 24.4 Å². The van der Waals surface area contributed by atoms with Crippen molar-refractivity contribution in [1.82, 2.24) is 14.9 Å². The van der Waals surface area contributed by atoms with Crippen molar-refractivity contribution in [3.8, 4) is 0 Å². The van der Waals surface area contributed by atoms with Crippen molar-refractivity contribution in [2.24, 2.45) is 0 Å². The Morgan fingerprint density at radius 3 is 2.36 bits per heavy atom. The minimum absolute atomic E-state index is 0.0227. The van der Waals surface area contributed by atoms with E-state index in [-0.39, 0.29) is 22.1 Å². The third-order valence-corrected chi connectivity index (χ3v) is 4.36. The number of pyridine rings is 2. The molecule has 2 heterocycles. The standard InChI is InChI=1S/C20H23BClFN5O5/c1-10(28(5)19(31)33-20(2,3)4)17(29)26-14-6-11(21-32)7-15(25-14)27-18(30)16-13(23)8-12(22)9-24-16/h6-10,32H,1-5H3,(H2,25,26,27,29,30). The van der Waals surface area contributed by atoms with Gasteiger partial charge in [-0.1, -0.05) is 11.6 Å². The molecule has 2 aromatic heterocycles. The maximum absolute atomic E-state index is 14.0. The molecule has 3 N–H and O–H groups in total. The first-order valence-corrected chi connectivity index (χ1v) is 10.1. The van der Waals surface area contributed by atoms with Crippen molar-refractivity contribution >= 4 is 54.1 Å². The van der Waals surface area contributed by atoms with E-state index in [9.17, 15) is 23.8 Å². The highest BCUT2D eigenvalue weighted by Gasteiger charge is 2.27. The zero-order valence-corrected chi connectivity index (χ0v) is 19.4. The summed E-state index contributed by atoms with van der Waals surface area (Å²) in [5.41, 5.74) is -1.06. The molecule has 3 amide bonds. The van der Waals surface area contributed by atoms with Gasteiger partial charge >= 0.3 is 13.6 Å². The predicted octanol–water partition coefficient (Wildman–Crippen LogP) is 1.95. The number of nitrogens with one attached hydrogen (secondary N) is 2. The summed E-state index contributed by atoms with van der Waals surface area (Å²) in [6, 6.07) is 2.61. The molecule has 0 aliphatic carbocycles. The Morgan fingerprint density at radius 1 is 1.21 bits per heavy atom. The van der Waals surface area contributed by atoms with Crippen LogP contribution in [0, 0.1) is 5.82 Å². The summed E-state index contributed by atoms with van der Waals surface area (Å²) in [6.07, 6.45) is 0.417. The van der Waals surface area contributed by atoms with Crippen molar-refractivity contribution in [3.05, 3.63) is 40.9 Å². The van der Waals surface area contributed by atoms with Crippen LogP contribution in [0.2, 0.25) is 5.02 Å². The zero-order chi connectivity index (χ0) is 24.9. The molecule has 1 atom stereocenters. The number of ether oxygens (including phenoxy) is 1. The average molecular weight is 479 g/mol. The number of nitrogens with zero attached hydrogens (tertiary/aromatic N) is 3. The van der Waals surface area contributed by atoms with Gasteiger partial charge < -0.3 is 20.4 Å². The molecule has 0 spiro atoms. The van der Waals surface area contributed by atoms with E-state index >= 15 is 0 Å². The lowest BCUT2D eigenvalue weighted by Crippen LogP contribution is -2.45. The van der Waals surface area contributed by atoms with E-state index in [0.29, 0.717) is 0 Å². The minimum Gasteiger partial charge on any atom is -0.450 e.